The molecule has 3 aromatic rings. The van der Waals surface area contributed by atoms with Crippen LogP contribution >= 0.6 is 35.1 Å². The van der Waals surface area contributed by atoms with E-state index in [1.54, 1.807) is 23.5 Å². The first-order chi connectivity index (χ1) is 10.3. The van der Waals surface area contributed by atoms with Gasteiger partial charge >= 0.3 is 0 Å². The second-order valence-corrected chi connectivity index (χ2v) is 7.09. The first kappa shape index (κ1) is 14.6. The Labute approximate surface area is 138 Å². The lowest BCUT2D eigenvalue weighted by molar-refractivity contribution is 1.33. The summed E-state index contributed by atoms with van der Waals surface area (Å²) in [6.45, 7) is 0. The van der Waals surface area contributed by atoms with Crippen LogP contribution in [-0.4, -0.2) is 0 Å². The molecular formula is C18H13ClS2. The summed E-state index contributed by atoms with van der Waals surface area (Å²) in [4.78, 5) is 4.66. The van der Waals surface area contributed by atoms with E-state index < -0.39 is 0 Å². The Balaban J connectivity index is 1.77. The fourth-order valence-electron chi connectivity index (χ4n) is 1.87. The molecule has 0 unspecified atom stereocenters. The molecule has 0 N–H and O–H groups in total. The Hall–Kier alpha value is -1.35. The molecular weight excluding hydrogens is 316 g/mol. The van der Waals surface area contributed by atoms with Crippen LogP contribution in [0, 0.1) is 0 Å². The highest BCUT2D eigenvalue weighted by Gasteiger charge is 2.05. The predicted octanol–water partition coefficient (Wildman–Crippen LogP) is 6.64. The zero-order valence-electron chi connectivity index (χ0n) is 11.2. The van der Waals surface area contributed by atoms with Crippen LogP contribution in [0.15, 0.2) is 98.4 Å². The Morgan fingerprint density at radius 2 is 1.14 bits per heavy atom. The van der Waals surface area contributed by atoms with Gasteiger partial charge in [0.25, 0.3) is 0 Å². The molecule has 0 heterocycles. The standard InChI is InChI=1S/C18H13ClS2/c19-17-13-16(20-14-7-3-1-4-8-14)11-12-18(17)21-15-9-5-2-6-10-15/h1-13H. The van der Waals surface area contributed by atoms with Crippen molar-refractivity contribution in [1.82, 2.24) is 0 Å². The molecule has 0 aliphatic carbocycles. The molecule has 0 amide bonds. The maximum atomic E-state index is 6.41. The molecule has 3 rings (SSSR count). The maximum Gasteiger partial charge on any atom is 0.0556 e. The Morgan fingerprint density at radius 1 is 0.571 bits per heavy atom. The van der Waals surface area contributed by atoms with Crippen LogP contribution in [0.5, 0.6) is 0 Å². The average molecular weight is 329 g/mol. The average Bonchev–Trinajstić information content (AvgIpc) is 2.52. The number of hydrogen-bond acceptors (Lipinski definition) is 2. The third kappa shape index (κ3) is 4.07. The maximum absolute atomic E-state index is 6.41. The van der Waals surface area contributed by atoms with E-state index >= 15 is 0 Å². The molecule has 0 fully saturated rings. The van der Waals surface area contributed by atoms with Gasteiger partial charge in [-0.25, -0.2) is 0 Å². The lowest BCUT2D eigenvalue weighted by atomic mass is 10.4. The molecule has 3 heteroatoms. The molecule has 0 saturated heterocycles. The van der Waals surface area contributed by atoms with E-state index in [1.807, 2.05) is 42.5 Å². The van der Waals surface area contributed by atoms with Gasteiger partial charge in [0.15, 0.2) is 0 Å². The molecule has 0 spiro atoms. The smallest absolute Gasteiger partial charge is 0.0556 e. The van der Waals surface area contributed by atoms with Crippen LogP contribution in [0.4, 0.5) is 0 Å². The Kier molecular flexibility index (Phi) is 4.91. The molecule has 0 radical (unpaired) electrons. The summed E-state index contributed by atoms with van der Waals surface area (Å²) in [5.41, 5.74) is 0. The summed E-state index contributed by atoms with van der Waals surface area (Å²) in [6, 6.07) is 26.8. The highest BCUT2D eigenvalue weighted by molar-refractivity contribution is 7.99. The third-order valence-corrected chi connectivity index (χ3v) is 5.36. The lowest BCUT2D eigenvalue weighted by Gasteiger charge is -2.07. The Morgan fingerprint density at radius 3 is 1.71 bits per heavy atom. The van der Waals surface area contributed by atoms with Crippen LogP contribution in [0.2, 0.25) is 5.02 Å². The van der Waals surface area contributed by atoms with Crippen LogP contribution < -0.4 is 0 Å². The van der Waals surface area contributed by atoms with Gasteiger partial charge in [-0.05, 0) is 42.5 Å². The molecule has 0 bridgehead atoms. The van der Waals surface area contributed by atoms with Gasteiger partial charge in [-0.15, -0.1) is 0 Å². The molecule has 0 atom stereocenters. The summed E-state index contributed by atoms with van der Waals surface area (Å²) >= 11 is 9.82. The van der Waals surface area contributed by atoms with Crippen molar-refractivity contribution in [3.05, 3.63) is 83.9 Å². The lowest BCUT2D eigenvalue weighted by Crippen LogP contribution is -1.78. The van der Waals surface area contributed by atoms with E-state index in [2.05, 4.69) is 36.4 Å². The quantitative estimate of drug-likeness (QED) is 0.526. The molecule has 0 aliphatic rings. The Bertz CT molecular complexity index is 712. The van der Waals surface area contributed by atoms with E-state index in [0.29, 0.717) is 0 Å². The fraction of sp³-hybridized carbons (Fsp3) is 0. The molecule has 104 valence electrons. The monoisotopic (exact) mass is 328 g/mol. The molecule has 0 aromatic heterocycles. The second kappa shape index (κ2) is 7.08. The van der Waals surface area contributed by atoms with Crippen molar-refractivity contribution in [3.63, 3.8) is 0 Å². The molecule has 3 aromatic carbocycles. The van der Waals surface area contributed by atoms with E-state index in [4.69, 9.17) is 11.6 Å². The van der Waals surface area contributed by atoms with E-state index in [0.717, 1.165) is 14.8 Å². The van der Waals surface area contributed by atoms with Gasteiger partial charge in [0, 0.05) is 19.6 Å². The van der Waals surface area contributed by atoms with Gasteiger partial charge in [0.2, 0.25) is 0 Å². The zero-order chi connectivity index (χ0) is 14.5. The minimum absolute atomic E-state index is 0.796. The molecule has 0 aliphatic heterocycles. The van der Waals surface area contributed by atoms with E-state index in [9.17, 15) is 0 Å². The summed E-state index contributed by atoms with van der Waals surface area (Å²) in [5, 5.41) is 0.796. The summed E-state index contributed by atoms with van der Waals surface area (Å²) in [6.07, 6.45) is 0. The van der Waals surface area contributed by atoms with Gasteiger partial charge in [-0.3, -0.25) is 0 Å². The number of halogens is 1. The van der Waals surface area contributed by atoms with Crippen molar-refractivity contribution in [3.8, 4) is 0 Å². The van der Waals surface area contributed by atoms with Crippen molar-refractivity contribution >= 4 is 35.1 Å². The van der Waals surface area contributed by atoms with Crippen LogP contribution in [0.25, 0.3) is 0 Å². The minimum Gasteiger partial charge on any atom is -0.0900 e. The SMILES string of the molecule is Clc1cc(Sc2ccccc2)ccc1Sc1ccccc1. The van der Waals surface area contributed by atoms with Crippen LogP contribution in [0.1, 0.15) is 0 Å². The van der Waals surface area contributed by atoms with Crippen molar-refractivity contribution in [2.45, 2.75) is 19.6 Å². The summed E-state index contributed by atoms with van der Waals surface area (Å²) in [7, 11) is 0. The first-order valence-electron chi connectivity index (χ1n) is 6.56. The van der Waals surface area contributed by atoms with Gasteiger partial charge < -0.3 is 0 Å². The summed E-state index contributed by atoms with van der Waals surface area (Å²) < 4.78 is 0. The fourth-order valence-corrected chi connectivity index (χ4v) is 3.95. The first-order valence-corrected chi connectivity index (χ1v) is 8.58. The van der Waals surface area contributed by atoms with Gasteiger partial charge in [-0.2, -0.15) is 0 Å². The molecule has 21 heavy (non-hydrogen) atoms. The normalized spacial score (nSPS) is 10.5. The predicted molar refractivity (Wildman–Crippen MR) is 92.6 cm³/mol. The van der Waals surface area contributed by atoms with E-state index in [-0.39, 0.29) is 0 Å². The van der Waals surface area contributed by atoms with Crippen LogP contribution in [0.3, 0.4) is 0 Å². The molecule has 0 nitrogen and oxygen atoms in total. The van der Waals surface area contributed by atoms with Crippen molar-refractivity contribution in [1.29, 1.82) is 0 Å². The number of benzene rings is 3. The van der Waals surface area contributed by atoms with Gasteiger partial charge in [-0.1, -0.05) is 71.5 Å². The van der Waals surface area contributed by atoms with Crippen LogP contribution in [-0.2, 0) is 0 Å². The van der Waals surface area contributed by atoms with Gasteiger partial charge in [0.05, 0.1) is 5.02 Å². The van der Waals surface area contributed by atoms with Crippen molar-refractivity contribution in [2.75, 3.05) is 0 Å². The van der Waals surface area contributed by atoms with E-state index in [1.165, 1.54) is 9.79 Å². The molecule has 0 saturated carbocycles. The zero-order valence-corrected chi connectivity index (χ0v) is 13.6. The largest absolute Gasteiger partial charge is 0.0900 e. The highest BCUT2D eigenvalue weighted by Crippen LogP contribution is 2.37. The summed E-state index contributed by atoms with van der Waals surface area (Å²) in [5.74, 6) is 0. The minimum atomic E-state index is 0.796. The highest BCUT2D eigenvalue weighted by atomic mass is 35.5. The second-order valence-electron chi connectivity index (χ2n) is 4.42. The number of rotatable bonds is 4. The van der Waals surface area contributed by atoms with Gasteiger partial charge in [0.1, 0.15) is 0 Å². The van der Waals surface area contributed by atoms with Crippen molar-refractivity contribution < 1.29 is 0 Å². The topological polar surface area (TPSA) is 0 Å². The van der Waals surface area contributed by atoms with Crippen molar-refractivity contribution in [2.24, 2.45) is 0 Å². The number of hydrogen-bond donors (Lipinski definition) is 0. The third-order valence-electron chi connectivity index (χ3n) is 2.85.